The fourth-order valence-electron chi connectivity index (χ4n) is 2.72. The van der Waals surface area contributed by atoms with Crippen LogP contribution in [0.25, 0.3) is 0 Å². The monoisotopic (exact) mass is 288 g/mol. The van der Waals surface area contributed by atoms with Gasteiger partial charge in [0.05, 0.1) is 0 Å². The number of hydrogen-bond donors (Lipinski definition) is 0. The second-order valence-corrected chi connectivity index (χ2v) is 4.95. The Morgan fingerprint density at radius 2 is 1.18 bits per heavy atom. The molecule has 0 radical (unpaired) electrons. The summed E-state index contributed by atoms with van der Waals surface area (Å²) in [5, 5.41) is 0. The van der Waals surface area contributed by atoms with Gasteiger partial charge in [0.25, 0.3) is 0 Å². The molecule has 0 bridgehead atoms. The molecular weight excluding hydrogens is 275 g/mol. The van der Waals surface area contributed by atoms with Crippen molar-refractivity contribution in [2.75, 3.05) is 9.62 Å². The first-order chi connectivity index (χ1) is 10.9. The second kappa shape index (κ2) is 5.11. The van der Waals surface area contributed by atoms with E-state index < -0.39 is 0 Å². The minimum atomic E-state index is -0.0119. The first kappa shape index (κ1) is 12.8. The van der Waals surface area contributed by atoms with E-state index in [1.165, 1.54) is 0 Å². The van der Waals surface area contributed by atoms with Crippen LogP contribution in [-0.4, -0.2) is 26.9 Å². The Morgan fingerprint density at radius 3 is 1.59 bits per heavy atom. The van der Waals surface area contributed by atoms with E-state index >= 15 is 0 Å². The Bertz CT molecular complexity index is 716. The summed E-state index contributed by atoms with van der Waals surface area (Å²) in [5.74, 6) is 3.27. The van der Waals surface area contributed by atoms with Crippen LogP contribution in [0.1, 0.15) is 0 Å². The third kappa shape index (κ3) is 1.90. The fraction of sp³-hybridized carbons (Fsp3) is 0.0667. The Hall–Kier alpha value is -2.96. The molecule has 0 atom stereocenters. The largest absolute Gasteiger partial charge is 0.386 e. The normalized spacial score (nSPS) is 13.4. The van der Waals surface area contributed by atoms with Crippen LogP contribution in [0, 0.1) is 0 Å². The lowest BCUT2D eigenvalue weighted by molar-refractivity contribution is 1.14. The minimum Gasteiger partial charge on any atom is -0.332 e. The molecule has 3 aromatic rings. The average molecular weight is 288 g/mol. The molecule has 0 spiro atoms. The van der Waals surface area contributed by atoms with Crippen LogP contribution >= 0.6 is 0 Å². The number of nitrogens with zero attached hydrogens (tertiary/aromatic N) is 6. The zero-order valence-electron chi connectivity index (χ0n) is 12.0. The van der Waals surface area contributed by atoms with Crippen molar-refractivity contribution in [1.82, 2.24) is 19.9 Å². The van der Waals surface area contributed by atoms with E-state index in [0.717, 1.165) is 23.3 Å². The Morgan fingerprint density at radius 1 is 0.682 bits per heavy atom. The van der Waals surface area contributed by atoms with Crippen molar-refractivity contribution in [1.29, 1.82) is 0 Å². The summed E-state index contributed by atoms with van der Waals surface area (Å²) in [6.07, 6.45) is 6.95. The van der Waals surface area contributed by atoms with E-state index in [0.29, 0.717) is 0 Å². The van der Waals surface area contributed by atoms with Gasteiger partial charge >= 0.3 is 6.98 Å². The number of hydrogen-bond acceptors (Lipinski definition) is 6. The van der Waals surface area contributed by atoms with Crippen LogP contribution < -0.4 is 9.62 Å². The number of anilines is 4. The molecule has 7 heteroatoms. The summed E-state index contributed by atoms with van der Waals surface area (Å²) < 4.78 is 0. The molecule has 0 saturated carbocycles. The first-order valence-electron chi connectivity index (χ1n) is 7.08. The predicted octanol–water partition coefficient (Wildman–Crippen LogP) is 2.67. The number of fused-ring (bicyclic) bond motifs is 1. The van der Waals surface area contributed by atoms with E-state index in [1.54, 1.807) is 24.8 Å². The van der Waals surface area contributed by atoms with Crippen molar-refractivity contribution in [3.05, 3.63) is 61.2 Å². The average Bonchev–Trinajstić information content (AvgIpc) is 2.88. The molecule has 0 aliphatic carbocycles. The van der Waals surface area contributed by atoms with Gasteiger partial charge in [-0.05, 0) is 31.1 Å². The molecule has 0 N–H and O–H groups in total. The molecule has 1 aliphatic heterocycles. The van der Waals surface area contributed by atoms with E-state index in [1.807, 2.05) is 36.4 Å². The summed E-state index contributed by atoms with van der Waals surface area (Å²) in [4.78, 5) is 22.0. The zero-order valence-corrected chi connectivity index (χ0v) is 12.0. The molecule has 106 valence electrons. The lowest BCUT2D eigenvalue weighted by Crippen LogP contribution is -2.41. The van der Waals surface area contributed by atoms with Gasteiger partial charge in [-0.3, -0.25) is 0 Å². The second-order valence-electron chi connectivity index (χ2n) is 4.95. The molecule has 6 nitrogen and oxygen atoms in total. The first-order valence-corrected chi connectivity index (χ1v) is 7.08. The van der Waals surface area contributed by atoms with Gasteiger partial charge in [0, 0.05) is 24.8 Å². The van der Waals surface area contributed by atoms with Crippen LogP contribution in [-0.2, 0) is 0 Å². The van der Waals surface area contributed by atoms with Gasteiger partial charge < -0.3 is 9.62 Å². The highest BCUT2D eigenvalue weighted by Crippen LogP contribution is 2.41. The molecular formula is C15H13BN6. The van der Waals surface area contributed by atoms with E-state index in [-0.39, 0.29) is 6.98 Å². The lowest BCUT2D eigenvalue weighted by atomic mass is 9.76. The molecule has 3 aromatic heterocycles. The summed E-state index contributed by atoms with van der Waals surface area (Å²) >= 11 is 0. The van der Waals surface area contributed by atoms with Gasteiger partial charge in [0.2, 0.25) is 0 Å². The molecule has 0 amide bonds. The molecule has 1 aliphatic rings. The van der Waals surface area contributed by atoms with Crippen LogP contribution in [0.5, 0.6) is 0 Å². The minimum absolute atomic E-state index is 0.0119. The van der Waals surface area contributed by atoms with Gasteiger partial charge in [-0.1, -0.05) is 12.1 Å². The van der Waals surface area contributed by atoms with Gasteiger partial charge in [0.15, 0.2) is 11.6 Å². The maximum atomic E-state index is 4.50. The van der Waals surface area contributed by atoms with Crippen LogP contribution in [0.4, 0.5) is 23.3 Å². The van der Waals surface area contributed by atoms with Crippen molar-refractivity contribution in [2.45, 2.75) is 6.82 Å². The zero-order chi connectivity index (χ0) is 14.9. The maximum absolute atomic E-state index is 4.50. The van der Waals surface area contributed by atoms with E-state index in [4.69, 9.17) is 0 Å². The van der Waals surface area contributed by atoms with Crippen LogP contribution in [0.2, 0.25) is 6.82 Å². The SMILES string of the molecule is CB1N(c2ccccn2)c2nccnc2N1c1ccccn1. The van der Waals surface area contributed by atoms with Crippen LogP contribution in [0.3, 0.4) is 0 Å². The quantitative estimate of drug-likeness (QED) is 0.676. The maximum Gasteiger partial charge on any atom is 0.386 e. The Labute approximate surface area is 128 Å². The van der Waals surface area contributed by atoms with Crippen molar-refractivity contribution < 1.29 is 0 Å². The molecule has 4 rings (SSSR count). The van der Waals surface area contributed by atoms with E-state index in [2.05, 4.69) is 36.4 Å². The van der Waals surface area contributed by atoms with Gasteiger partial charge in [-0.25, -0.2) is 19.9 Å². The summed E-state index contributed by atoms with van der Waals surface area (Å²) in [5.41, 5.74) is 0. The standard InChI is InChI=1S/C15H13BN6/c1-16-21(12-6-2-4-8-17-12)14-15(20-11-10-19-14)22(16)13-7-3-5-9-18-13/h2-11H,1H3. The molecule has 0 fully saturated rings. The topological polar surface area (TPSA) is 58.0 Å². The van der Waals surface area contributed by atoms with Crippen molar-refractivity contribution in [3.63, 3.8) is 0 Å². The smallest absolute Gasteiger partial charge is 0.332 e. The molecule has 4 heterocycles. The van der Waals surface area contributed by atoms with Gasteiger partial charge in [-0.15, -0.1) is 0 Å². The summed E-state index contributed by atoms with van der Waals surface area (Å²) in [6.45, 7) is 2.08. The molecule has 22 heavy (non-hydrogen) atoms. The van der Waals surface area contributed by atoms with E-state index in [9.17, 15) is 0 Å². The van der Waals surface area contributed by atoms with Crippen molar-refractivity contribution in [3.8, 4) is 0 Å². The molecule has 0 saturated heterocycles. The van der Waals surface area contributed by atoms with Crippen LogP contribution in [0.15, 0.2) is 61.2 Å². The molecule has 0 aromatic carbocycles. The summed E-state index contributed by atoms with van der Waals surface area (Å²) in [7, 11) is 0. The number of aromatic nitrogens is 4. The Kier molecular flexibility index (Phi) is 2.96. The number of pyridine rings is 2. The fourth-order valence-corrected chi connectivity index (χ4v) is 2.72. The highest BCUT2D eigenvalue weighted by Gasteiger charge is 2.41. The third-order valence-corrected chi connectivity index (χ3v) is 3.66. The summed E-state index contributed by atoms with van der Waals surface area (Å²) in [6, 6.07) is 11.7. The highest BCUT2D eigenvalue weighted by atomic mass is 15.4. The Balaban J connectivity index is 1.87. The predicted molar refractivity (Wildman–Crippen MR) is 86.4 cm³/mol. The highest BCUT2D eigenvalue weighted by molar-refractivity contribution is 6.71. The van der Waals surface area contributed by atoms with Crippen molar-refractivity contribution >= 4 is 30.3 Å². The van der Waals surface area contributed by atoms with Crippen molar-refractivity contribution in [2.24, 2.45) is 0 Å². The number of rotatable bonds is 2. The van der Waals surface area contributed by atoms with Gasteiger partial charge in [-0.2, -0.15) is 0 Å². The lowest BCUT2D eigenvalue weighted by Gasteiger charge is -2.24. The third-order valence-electron chi connectivity index (χ3n) is 3.66. The molecule has 0 unspecified atom stereocenters. The van der Waals surface area contributed by atoms with Gasteiger partial charge in [0.1, 0.15) is 11.6 Å².